The summed E-state index contributed by atoms with van der Waals surface area (Å²) in [6, 6.07) is 14.1. The first-order valence-electron chi connectivity index (χ1n) is 7.98. The van der Waals surface area contributed by atoms with E-state index < -0.39 is 0 Å². The Morgan fingerprint density at radius 3 is 2.72 bits per heavy atom. The fourth-order valence-electron chi connectivity index (χ4n) is 2.55. The summed E-state index contributed by atoms with van der Waals surface area (Å²) < 4.78 is 8.49. The topological polar surface area (TPSA) is 43.6 Å². The lowest BCUT2D eigenvalue weighted by molar-refractivity contribution is -0.117. The van der Waals surface area contributed by atoms with E-state index in [1.54, 1.807) is 18.9 Å². The zero-order valence-corrected chi connectivity index (χ0v) is 16.1. The summed E-state index contributed by atoms with van der Waals surface area (Å²) in [6.07, 6.45) is 0.421. The highest BCUT2D eigenvalue weighted by Gasteiger charge is 2.12. The van der Waals surface area contributed by atoms with Crippen LogP contribution in [0.4, 0.5) is 0 Å². The van der Waals surface area contributed by atoms with Crippen LogP contribution in [0.5, 0.6) is 5.75 Å². The number of benzene rings is 2. The van der Waals surface area contributed by atoms with Crippen LogP contribution in [0.1, 0.15) is 12.0 Å². The quantitative estimate of drug-likeness (QED) is 0.632. The van der Waals surface area contributed by atoms with Gasteiger partial charge in [-0.3, -0.25) is 4.79 Å². The molecule has 0 saturated carbocycles. The molecule has 3 rings (SSSR count). The predicted molar refractivity (Wildman–Crippen MR) is 104 cm³/mol. The first kappa shape index (κ1) is 17.8. The number of ether oxygens (including phenoxy) is 1. The van der Waals surface area contributed by atoms with Crippen LogP contribution < -0.4 is 9.54 Å². The normalized spacial score (nSPS) is 11.9. The largest absolute Gasteiger partial charge is 0.495 e. The number of methoxy groups -OCH3 is 1. The van der Waals surface area contributed by atoms with Crippen LogP contribution in [0.2, 0.25) is 0 Å². The number of thioether (sulfide) groups is 1. The fraction of sp³-hybridized carbons (Fsp3) is 0.263. The van der Waals surface area contributed by atoms with E-state index in [4.69, 9.17) is 4.74 Å². The number of aromatic nitrogens is 1. The van der Waals surface area contributed by atoms with Crippen molar-refractivity contribution in [1.29, 1.82) is 0 Å². The average molecular weight is 373 g/mol. The van der Waals surface area contributed by atoms with Crippen LogP contribution in [-0.2, 0) is 11.8 Å². The molecule has 25 heavy (non-hydrogen) atoms. The standard InChI is InChI=1S/C19H20N2O2S2/c1-13-9-10-15(23-3)17-18(13)25-19(21(17)2)20-16(22)11-12-24-14-7-5-4-6-8-14/h4-10H,11-12H2,1-3H3. The van der Waals surface area contributed by atoms with E-state index >= 15 is 0 Å². The number of amides is 1. The van der Waals surface area contributed by atoms with Crippen molar-refractivity contribution in [2.75, 3.05) is 12.9 Å². The number of hydrogen-bond donors (Lipinski definition) is 0. The summed E-state index contributed by atoms with van der Waals surface area (Å²) in [5.41, 5.74) is 2.14. The van der Waals surface area contributed by atoms with Crippen molar-refractivity contribution in [3.8, 4) is 5.75 Å². The van der Waals surface area contributed by atoms with Crippen molar-refractivity contribution in [1.82, 2.24) is 4.57 Å². The molecule has 1 aromatic heterocycles. The van der Waals surface area contributed by atoms with Gasteiger partial charge in [-0.25, -0.2) is 0 Å². The minimum Gasteiger partial charge on any atom is -0.495 e. The molecular formula is C19H20N2O2S2. The number of carbonyl (C=O) groups excluding carboxylic acids is 1. The summed E-state index contributed by atoms with van der Waals surface area (Å²) >= 11 is 3.20. The maximum atomic E-state index is 12.3. The molecule has 1 amide bonds. The third kappa shape index (κ3) is 3.96. The number of thiazole rings is 1. The van der Waals surface area contributed by atoms with Gasteiger partial charge in [-0.15, -0.1) is 11.8 Å². The number of aryl methyl sites for hydroxylation is 2. The second kappa shape index (κ2) is 7.89. The molecule has 0 fully saturated rings. The summed E-state index contributed by atoms with van der Waals surface area (Å²) in [5.74, 6) is 1.43. The molecule has 4 nitrogen and oxygen atoms in total. The van der Waals surface area contributed by atoms with E-state index in [1.165, 1.54) is 16.2 Å². The zero-order valence-electron chi connectivity index (χ0n) is 14.5. The molecule has 0 radical (unpaired) electrons. The molecule has 3 aromatic rings. The number of rotatable bonds is 5. The van der Waals surface area contributed by atoms with Crippen LogP contribution in [0.15, 0.2) is 52.4 Å². The van der Waals surface area contributed by atoms with E-state index in [1.807, 2.05) is 54.1 Å². The smallest absolute Gasteiger partial charge is 0.249 e. The van der Waals surface area contributed by atoms with Gasteiger partial charge in [0.15, 0.2) is 4.80 Å². The minimum absolute atomic E-state index is 0.0952. The average Bonchev–Trinajstić information content (AvgIpc) is 2.94. The summed E-state index contributed by atoms with van der Waals surface area (Å²) in [4.78, 5) is 18.4. The molecule has 0 aliphatic carbocycles. The fourth-order valence-corrected chi connectivity index (χ4v) is 4.54. The van der Waals surface area contributed by atoms with Gasteiger partial charge in [0, 0.05) is 24.1 Å². The zero-order chi connectivity index (χ0) is 17.8. The van der Waals surface area contributed by atoms with Gasteiger partial charge >= 0.3 is 0 Å². The van der Waals surface area contributed by atoms with E-state index in [0.29, 0.717) is 11.2 Å². The van der Waals surface area contributed by atoms with Gasteiger partial charge in [0.1, 0.15) is 11.3 Å². The van der Waals surface area contributed by atoms with Crippen molar-refractivity contribution in [2.45, 2.75) is 18.2 Å². The van der Waals surface area contributed by atoms with E-state index in [2.05, 4.69) is 11.9 Å². The Labute approximate surface area is 155 Å². The van der Waals surface area contributed by atoms with Crippen LogP contribution in [0.25, 0.3) is 10.2 Å². The van der Waals surface area contributed by atoms with Crippen molar-refractivity contribution < 1.29 is 9.53 Å². The van der Waals surface area contributed by atoms with Crippen LogP contribution in [0.3, 0.4) is 0 Å². The first-order valence-corrected chi connectivity index (χ1v) is 9.79. The van der Waals surface area contributed by atoms with Crippen LogP contribution in [0, 0.1) is 6.92 Å². The summed E-state index contributed by atoms with van der Waals surface area (Å²) in [6.45, 7) is 2.06. The number of carbonyl (C=O) groups is 1. The Morgan fingerprint density at radius 2 is 2.00 bits per heavy atom. The highest BCUT2D eigenvalue weighted by Crippen LogP contribution is 2.29. The number of nitrogens with zero attached hydrogens (tertiary/aromatic N) is 2. The third-order valence-corrected chi connectivity index (χ3v) is 6.16. The minimum atomic E-state index is -0.0952. The predicted octanol–water partition coefficient (Wildman–Crippen LogP) is 4.17. The van der Waals surface area contributed by atoms with Crippen molar-refractivity contribution in [3.63, 3.8) is 0 Å². The second-order valence-electron chi connectivity index (χ2n) is 5.62. The first-order chi connectivity index (χ1) is 12.1. The molecule has 0 spiro atoms. The summed E-state index contributed by atoms with van der Waals surface area (Å²) in [5, 5.41) is 0. The molecule has 2 aromatic carbocycles. The lowest BCUT2D eigenvalue weighted by atomic mass is 10.2. The monoisotopic (exact) mass is 372 g/mol. The number of hydrogen-bond acceptors (Lipinski definition) is 4. The van der Waals surface area contributed by atoms with Crippen molar-refractivity contribution >= 4 is 39.2 Å². The second-order valence-corrected chi connectivity index (χ2v) is 7.77. The Kier molecular flexibility index (Phi) is 5.60. The molecule has 0 N–H and O–H groups in total. The summed E-state index contributed by atoms with van der Waals surface area (Å²) in [7, 11) is 3.58. The SMILES string of the molecule is COc1ccc(C)c2sc(=NC(=O)CCSc3ccccc3)n(C)c12. The lowest BCUT2D eigenvalue weighted by Crippen LogP contribution is -2.13. The molecule has 6 heteroatoms. The molecule has 1 heterocycles. The molecule has 0 saturated heterocycles. The van der Waals surface area contributed by atoms with Crippen LogP contribution in [-0.4, -0.2) is 23.3 Å². The van der Waals surface area contributed by atoms with Gasteiger partial charge in [0.2, 0.25) is 5.91 Å². The van der Waals surface area contributed by atoms with Crippen molar-refractivity contribution in [2.24, 2.45) is 12.0 Å². The van der Waals surface area contributed by atoms with Gasteiger partial charge < -0.3 is 9.30 Å². The molecular weight excluding hydrogens is 352 g/mol. The van der Waals surface area contributed by atoms with Gasteiger partial charge in [-0.05, 0) is 30.7 Å². The van der Waals surface area contributed by atoms with Gasteiger partial charge in [-0.2, -0.15) is 4.99 Å². The third-order valence-electron chi connectivity index (χ3n) is 3.88. The van der Waals surface area contributed by atoms with E-state index in [9.17, 15) is 4.79 Å². The molecule has 0 unspecified atom stereocenters. The van der Waals surface area contributed by atoms with Crippen molar-refractivity contribution in [3.05, 3.63) is 52.8 Å². The molecule has 0 bridgehead atoms. The maximum absolute atomic E-state index is 12.3. The Balaban J connectivity index is 1.80. The van der Waals surface area contributed by atoms with Gasteiger partial charge in [0.25, 0.3) is 0 Å². The highest BCUT2D eigenvalue weighted by molar-refractivity contribution is 7.99. The Bertz CT molecular complexity index is 959. The van der Waals surface area contributed by atoms with E-state index in [0.717, 1.165) is 27.3 Å². The Morgan fingerprint density at radius 1 is 1.24 bits per heavy atom. The van der Waals surface area contributed by atoms with Gasteiger partial charge in [0.05, 0.1) is 11.8 Å². The molecule has 130 valence electrons. The lowest BCUT2D eigenvalue weighted by Gasteiger charge is -2.05. The van der Waals surface area contributed by atoms with E-state index in [-0.39, 0.29) is 5.91 Å². The molecule has 0 aliphatic rings. The number of fused-ring (bicyclic) bond motifs is 1. The van der Waals surface area contributed by atoms with Gasteiger partial charge in [-0.1, -0.05) is 35.6 Å². The maximum Gasteiger partial charge on any atom is 0.249 e. The molecule has 0 atom stereocenters. The Hall–Kier alpha value is -2.05. The molecule has 0 aliphatic heterocycles. The highest BCUT2D eigenvalue weighted by atomic mass is 32.2. The van der Waals surface area contributed by atoms with Crippen LogP contribution >= 0.6 is 23.1 Å².